The Labute approximate surface area is 76.5 Å². The minimum Gasteiger partial charge on any atom is -0.431 e. The fraction of sp³-hybridized carbons (Fsp3) is 1.00. The first-order valence-electron chi connectivity index (χ1n) is 5.04. The van der Waals surface area contributed by atoms with Crippen LogP contribution >= 0.6 is 0 Å². The summed E-state index contributed by atoms with van der Waals surface area (Å²) in [5, 5.41) is 3.47. The van der Waals surface area contributed by atoms with Gasteiger partial charge in [0.25, 0.3) is 0 Å². The Morgan fingerprint density at radius 3 is 2.33 bits per heavy atom. The van der Waals surface area contributed by atoms with Gasteiger partial charge in [-0.1, -0.05) is 19.3 Å². The van der Waals surface area contributed by atoms with Gasteiger partial charge in [-0.2, -0.15) is 0 Å². The van der Waals surface area contributed by atoms with Crippen LogP contribution in [0.2, 0.25) is 13.1 Å². The highest BCUT2D eigenvalue weighted by Gasteiger charge is 2.19. The van der Waals surface area contributed by atoms with Gasteiger partial charge in [-0.25, -0.2) is 0 Å². The van der Waals surface area contributed by atoms with E-state index in [1.54, 1.807) is 0 Å². The lowest BCUT2D eigenvalue weighted by molar-refractivity contribution is 0.381. The molecule has 0 aromatic carbocycles. The van der Waals surface area contributed by atoms with Gasteiger partial charge in [-0.15, -0.1) is 0 Å². The van der Waals surface area contributed by atoms with Crippen molar-refractivity contribution >= 4 is 8.32 Å². The number of hydrogen-bond acceptors (Lipinski definition) is 2. The van der Waals surface area contributed by atoms with Gasteiger partial charge in [0, 0.05) is 12.2 Å². The lowest BCUT2D eigenvalue weighted by Gasteiger charge is -2.25. The number of nitrogens with one attached hydrogen (secondary N) is 1. The van der Waals surface area contributed by atoms with Gasteiger partial charge in [0.05, 0.1) is 0 Å². The molecule has 0 unspecified atom stereocenters. The summed E-state index contributed by atoms with van der Waals surface area (Å²) in [6.07, 6.45) is 7.61. The Morgan fingerprint density at radius 1 is 1.25 bits per heavy atom. The van der Waals surface area contributed by atoms with Crippen LogP contribution in [0.25, 0.3) is 0 Å². The summed E-state index contributed by atoms with van der Waals surface area (Å²) >= 11 is 0. The highest BCUT2D eigenvalue weighted by Crippen LogP contribution is 2.17. The molecule has 0 atom stereocenters. The van der Waals surface area contributed by atoms with E-state index in [4.69, 9.17) is 0 Å². The summed E-state index contributed by atoms with van der Waals surface area (Å²) in [5.41, 5.74) is 0. The van der Waals surface area contributed by atoms with Crippen LogP contribution < -0.4 is 5.32 Å². The monoisotopic (exact) mass is 187 g/mol. The van der Waals surface area contributed by atoms with Crippen molar-refractivity contribution in [1.29, 1.82) is 0 Å². The topological polar surface area (TPSA) is 32.3 Å². The van der Waals surface area contributed by atoms with Crippen LogP contribution in [-0.2, 0) is 0 Å². The van der Waals surface area contributed by atoms with Gasteiger partial charge in [-0.3, -0.25) is 0 Å². The molecule has 1 aliphatic carbocycles. The fourth-order valence-electron chi connectivity index (χ4n) is 1.70. The highest BCUT2D eigenvalue weighted by atomic mass is 28.4. The summed E-state index contributed by atoms with van der Waals surface area (Å²) in [7, 11) is -1.85. The Balaban J connectivity index is 2.13. The van der Waals surface area contributed by atoms with Gasteiger partial charge in [0.1, 0.15) is 0 Å². The van der Waals surface area contributed by atoms with Gasteiger partial charge < -0.3 is 10.1 Å². The third kappa shape index (κ3) is 4.23. The average Bonchev–Trinajstić information content (AvgIpc) is 2.02. The van der Waals surface area contributed by atoms with Crippen LogP contribution in [0.3, 0.4) is 0 Å². The lowest BCUT2D eigenvalue weighted by Crippen LogP contribution is -2.44. The minimum absolute atomic E-state index is 0.692. The first-order chi connectivity index (χ1) is 5.58. The molecule has 2 nitrogen and oxygen atoms in total. The summed E-state index contributed by atoms with van der Waals surface area (Å²) in [5.74, 6) is 0. The molecule has 0 amide bonds. The Hall–Kier alpha value is 0.137. The molecular weight excluding hydrogens is 166 g/mol. The number of hydrogen-bond donors (Lipinski definition) is 2. The largest absolute Gasteiger partial charge is 0.431 e. The first kappa shape index (κ1) is 10.2. The van der Waals surface area contributed by atoms with Gasteiger partial charge in [0.2, 0.25) is 0 Å². The molecule has 0 bridgehead atoms. The molecule has 0 aromatic rings. The van der Waals surface area contributed by atoms with Gasteiger partial charge in [0.15, 0.2) is 8.32 Å². The zero-order valence-electron chi connectivity index (χ0n) is 8.27. The van der Waals surface area contributed by atoms with Crippen LogP contribution in [-0.4, -0.2) is 25.3 Å². The Bertz CT molecular complexity index is 127. The normalized spacial score (nSPS) is 21.2. The molecule has 3 heteroatoms. The Morgan fingerprint density at radius 2 is 1.83 bits per heavy atom. The molecule has 0 saturated heterocycles. The minimum atomic E-state index is -1.85. The van der Waals surface area contributed by atoms with Crippen molar-refractivity contribution in [3.8, 4) is 0 Å². The molecule has 12 heavy (non-hydrogen) atoms. The molecule has 0 radical (unpaired) electrons. The third-order valence-corrected chi connectivity index (χ3v) is 3.50. The highest BCUT2D eigenvalue weighted by molar-refractivity contribution is 6.69. The predicted octanol–water partition coefficient (Wildman–Crippen LogP) is 1.65. The maximum Gasteiger partial charge on any atom is 0.196 e. The Kier molecular flexibility index (Phi) is 3.74. The van der Waals surface area contributed by atoms with E-state index in [9.17, 15) is 4.80 Å². The summed E-state index contributed by atoms with van der Waals surface area (Å²) in [6, 6.07) is 0.692. The third-order valence-electron chi connectivity index (χ3n) is 2.43. The summed E-state index contributed by atoms with van der Waals surface area (Å²) < 4.78 is 0. The van der Waals surface area contributed by atoms with E-state index in [1.807, 2.05) is 13.1 Å². The standard InChI is InChI=1S/C9H21NOSi/c1-12(2,11)8-10-9-6-4-3-5-7-9/h9-11H,3-8H2,1-2H3. The molecule has 1 aliphatic rings. The van der Waals surface area contributed by atoms with E-state index >= 15 is 0 Å². The zero-order valence-corrected chi connectivity index (χ0v) is 9.27. The molecule has 0 aromatic heterocycles. The van der Waals surface area contributed by atoms with Crippen LogP contribution in [0.1, 0.15) is 32.1 Å². The predicted molar refractivity (Wildman–Crippen MR) is 54.6 cm³/mol. The molecule has 1 saturated carbocycles. The van der Waals surface area contributed by atoms with E-state index in [-0.39, 0.29) is 0 Å². The second-order valence-electron chi connectivity index (χ2n) is 4.53. The SMILES string of the molecule is C[Si](C)(O)CNC1CCCCC1. The molecule has 0 heterocycles. The second-order valence-corrected chi connectivity index (χ2v) is 8.51. The van der Waals surface area contributed by atoms with Crippen LogP contribution in [0.15, 0.2) is 0 Å². The van der Waals surface area contributed by atoms with E-state index in [1.165, 1.54) is 32.1 Å². The van der Waals surface area contributed by atoms with E-state index < -0.39 is 8.32 Å². The van der Waals surface area contributed by atoms with Crippen molar-refractivity contribution in [2.45, 2.75) is 51.2 Å². The van der Waals surface area contributed by atoms with Crippen LogP contribution in [0, 0.1) is 0 Å². The second kappa shape index (κ2) is 4.39. The summed E-state index contributed by atoms with van der Waals surface area (Å²) in [6.45, 7) is 3.98. The molecule has 2 N–H and O–H groups in total. The fourth-order valence-corrected chi connectivity index (χ4v) is 2.49. The molecule has 1 rings (SSSR count). The first-order valence-corrected chi connectivity index (χ1v) is 8.19. The maximum atomic E-state index is 9.62. The molecule has 72 valence electrons. The zero-order chi connectivity index (χ0) is 9.03. The smallest absolute Gasteiger partial charge is 0.196 e. The van der Waals surface area contributed by atoms with Crippen molar-refractivity contribution < 1.29 is 4.80 Å². The molecule has 0 aliphatic heterocycles. The van der Waals surface area contributed by atoms with Crippen molar-refractivity contribution in [3.63, 3.8) is 0 Å². The van der Waals surface area contributed by atoms with Crippen molar-refractivity contribution in [2.24, 2.45) is 0 Å². The van der Waals surface area contributed by atoms with Crippen LogP contribution in [0.5, 0.6) is 0 Å². The molecule has 1 fully saturated rings. The van der Waals surface area contributed by atoms with Gasteiger partial charge in [-0.05, 0) is 25.9 Å². The van der Waals surface area contributed by atoms with E-state index in [0.29, 0.717) is 6.04 Å². The molecule has 0 spiro atoms. The summed E-state index contributed by atoms with van der Waals surface area (Å²) in [4.78, 5) is 9.62. The molecular formula is C9H21NOSi. The van der Waals surface area contributed by atoms with Crippen molar-refractivity contribution in [1.82, 2.24) is 5.32 Å². The quantitative estimate of drug-likeness (QED) is 0.658. The van der Waals surface area contributed by atoms with Crippen molar-refractivity contribution in [3.05, 3.63) is 0 Å². The lowest BCUT2D eigenvalue weighted by atomic mass is 9.96. The maximum absolute atomic E-state index is 9.62. The average molecular weight is 187 g/mol. The number of rotatable bonds is 3. The van der Waals surface area contributed by atoms with E-state index in [0.717, 1.165) is 6.17 Å². The van der Waals surface area contributed by atoms with E-state index in [2.05, 4.69) is 5.32 Å². The van der Waals surface area contributed by atoms with Crippen LogP contribution in [0.4, 0.5) is 0 Å². The van der Waals surface area contributed by atoms with Crippen molar-refractivity contribution in [2.75, 3.05) is 6.17 Å². The van der Waals surface area contributed by atoms with Gasteiger partial charge >= 0.3 is 0 Å².